The van der Waals surface area contributed by atoms with E-state index in [0.29, 0.717) is 0 Å². The lowest BCUT2D eigenvalue weighted by atomic mass is 10.6. The van der Waals surface area contributed by atoms with E-state index in [1.165, 1.54) is 20.3 Å². The quantitative estimate of drug-likeness (QED) is 0.583. The van der Waals surface area contributed by atoms with Crippen LogP contribution in [0.5, 0.6) is 0 Å². The molecule has 1 rings (SSSR count). The molecule has 0 saturated carbocycles. The van der Waals surface area contributed by atoms with Gasteiger partial charge in [-0.15, -0.1) is 6.58 Å². The maximum atomic E-state index is 11.9. The fourth-order valence-corrected chi connectivity index (χ4v) is 1.45. The summed E-state index contributed by atoms with van der Waals surface area (Å²) >= 11 is 0. The molecule has 0 aromatic carbocycles. The molecule has 0 aliphatic heterocycles. The zero-order chi connectivity index (χ0) is 13.7. The fraction of sp³-hybridized carbons (Fsp3) is 0.500. The second-order valence-corrected chi connectivity index (χ2v) is 3.44. The first-order valence-corrected chi connectivity index (χ1v) is 5.11. The van der Waals surface area contributed by atoms with Crippen molar-refractivity contribution in [1.29, 1.82) is 0 Å². The molecular weight excluding hydrogens is 242 g/mol. The minimum Gasteiger partial charge on any atom is -0.364 e. The van der Waals surface area contributed by atoms with Gasteiger partial charge >= 0.3 is 17.1 Å². The third kappa shape index (κ3) is 2.49. The minimum absolute atomic E-state index is 0.00533. The molecule has 0 aliphatic rings. The van der Waals surface area contributed by atoms with Crippen LogP contribution in [0, 0.1) is 0 Å². The molecule has 18 heavy (non-hydrogen) atoms. The van der Waals surface area contributed by atoms with Gasteiger partial charge in [0.15, 0.2) is 0 Å². The fourth-order valence-electron chi connectivity index (χ4n) is 1.45. The third-order valence-electron chi connectivity index (χ3n) is 2.21. The number of hydrogen-bond acceptors (Lipinski definition) is 5. The molecule has 8 heteroatoms. The molecular formula is C10H15N3O5. The van der Waals surface area contributed by atoms with E-state index in [0.717, 1.165) is 13.7 Å². The summed E-state index contributed by atoms with van der Waals surface area (Å²) in [6.07, 6.45) is 1.39. The van der Waals surface area contributed by atoms with E-state index in [2.05, 4.69) is 6.58 Å². The summed E-state index contributed by atoms with van der Waals surface area (Å²) in [5.74, 6) is 0. The first-order chi connectivity index (χ1) is 8.58. The molecule has 0 spiro atoms. The van der Waals surface area contributed by atoms with Gasteiger partial charge in [-0.05, 0) is 0 Å². The van der Waals surface area contributed by atoms with Crippen LogP contribution in [0.15, 0.2) is 27.0 Å². The van der Waals surface area contributed by atoms with Gasteiger partial charge in [0, 0.05) is 14.2 Å². The topological polar surface area (TPSA) is 84.5 Å². The summed E-state index contributed by atoms with van der Waals surface area (Å²) in [6.45, 7) is 2.98. The first kappa shape index (κ1) is 14.1. The van der Waals surface area contributed by atoms with Crippen LogP contribution in [0.2, 0.25) is 0 Å². The highest BCUT2D eigenvalue weighted by atomic mass is 16.5. The molecule has 0 unspecified atom stereocenters. The molecule has 0 saturated heterocycles. The molecule has 0 fully saturated rings. The van der Waals surface area contributed by atoms with Crippen molar-refractivity contribution in [3.05, 3.63) is 44.1 Å². The number of ether oxygens (including phenoxy) is 2. The lowest BCUT2D eigenvalue weighted by Crippen LogP contribution is -2.54. The van der Waals surface area contributed by atoms with Gasteiger partial charge in [-0.25, -0.2) is 28.1 Å². The smallest absolute Gasteiger partial charge is 0.340 e. The van der Waals surface area contributed by atoms with Crippen LogP contribution in [-0.4, -0.2) is 27.9 Å². The zero-order valence-corrected chi connectivity index (χ0v) is 10.3. The number of rotatable bonds is 6. The summed E-state index contributed by atoms with van der Waals surface area (Å²) in [4.78, 5) is 35.7. The molecule has 0 atom stereocenters. The van der Waals surface area contributed by atoms with E-state index in [-0.39, 0.29) is 20.0 Å². The van der Waals surface area contributed by atoms with Gasteiger partial charge in [0.2, 0.25) is 0 Å². The summed E-state index contributed by atoms with van der Waals surface area (Å²) < 4.78 is 12.0. The molecule has 0 aliphatic carbocycles. The Hall–Kier alpha value is -1.93. The van der Waals surface area contributed by atoms with E-state index < -0.39 is 17.1 Å². The SMILES string of the molecule is C=CCn1c(=O)n(COC)c(=O)n(COC)c1=O. The summed E-state index contributed by atoms with van der Waals surface area (Å²) in [5, 5.41) is 0. The number of hydrogen-bond donors (Lipinski definition) is 0. The largest absolute Gasteiger partial charge is 0.364 e. The van der Waals surface area contributed by atoms with E-state index in [1.807, 2.05) is 0 Å². The van der Waals surface area contributed by atoms with Crippen molar-refractivity contribution in [2.45, 2.75) is 20.0 Å². The summed E-state index contributed by atoms with van der Waals surface area (Å²) in [7, 11) is 2.69. The van der Waals surface area contributed by atoms with Crippen LogP contribution >= 0.6 is 0 Å². The summed E-state index contributed by atoms with van der Waals surface area (Å²) in [5.41, 5.74) is -2.24. The van der Waals surface area contributed by atoms with Crippen LogP contribution in [0.25, 0.3) is 0 Å². The highest BCUT2D eigenvalue weighted by Gasteiger charge is 2.13. The van der Waals surface area contributed by atoms with E-state index in [4.69, 9.17) is 9.47 Å². The average Bonchev–Trinajstić information content (AvgIpc) is 2.35. The molecule has 0 radical (unpaired) electrons. The van der Waals surface area contributed by atoms with Gasteiger partial charge in [-0.3, -0.25) is 0 Å². The van der Waals surface area contributed by atoms with Crippen LogP contribution < -0.4 is 17.1 Å². The van der Waals surface area contributed by atoms with E-state index in [1.54, 1.807) is 0 Å². The lowest BCUT2D eigenvalue weighted by Gasteiger charge is -2.11. The maximum Gasteiger partial charge on any atom is 0.340 e. The van der Waals surface area contributed by atoms with E-state index in [9.17, 15) is 14.4 Å². The molecule has 8 nitrogen and oxygen atoms in total. The van der Waals surface area contributed by atoms with Gasteiger partial charge in [0.25, 0.3) is 0 Å². The molecule has 1 aromatic heterocycles. The van der Waals surface area contributed by atoms with Crippen LogP contribution in [0.4, 0.5) is 0 Å². The van der Waals surface area contributed by atoms with Gasteiger partial charge in [0.1, 0.15) is 13.5 Å². The predicted octanol–water partition coefficient (Wildman–Crippen LogP) is -1.43. The molecule has 1 aromatic rings. The molecule has 1 heterocycles. The van der Waals surface area contributed by atoms with Crippen molar-refractivity contribution in [3.8, 4) is 0 Å². The Morgan fingerprint density at radius 1 is 0.944 bits per heavy atom. The average molecular weight is 257 g/mol. The van der Waals surface area contributed by atoms with E-state index >= 15 is 0 Å². The minimum atomic E-state index is -0.769. The number of aromatic nitrogens is 3. The number of methoxy groups -OCH3 is 2. The number of nitrogens with zero attached hydrogens (tertiary/aromatic N) is 3. The highest BCUT2D eigenvalue weighted by molar-refractivity contribution is 4.81. The standard InChI is InChI=1S/C10H15N3O5/c1-4-5-11-8(14)12(6-17-2)10(16)13(7-18-3)9(11)15/h4H,1,5-7H2,2-3H3. The Bertz CT molecular complexity index is 551. The molecule has 0 bridgehead atoms. The Morgan fingerprint density at radius 2 is 1.33 bits per heavy atom. The lowest BCUT2D eigenvalue weighted by molar-refractivity contribution is 0.0969. The van der Waals surface area contributed by atoms with Gasteiger partial charge < -0.3 is 9.47 Å². The third-order valence-corrected chi connectivity index (χ3v) is 2.21. The van der Waals surface area contributed by atoms with Crippen molar-refractivity contribution in [2.75, 3.05) is 14.2 Å². The van der Waals surface area contributed by atoms with Crippen molar-refractivity contribution >= 4 is 0 Å². The molecule has 0 N–H and O–H groups in total. The van der Waals surface area contributed by atoms with Crippen LogP contribution in [0.1, 0.15) is 0 Å². The van der Waals surface area contributed by atoms with Crippen LogP contribution in [0.3, 0.4) is 0 Å². The second kappa shape index (κ2) is 6.12. The number of allylic oxidation sites excluding steroid dienone is 1. The van der Waals surface area contributed by atoms with Gasteiger partial charge in [-0.1, -0.05) is 6.08 Å². The van der Waals surface area contributed by atoms with Crippen molar-refractivity contribution < 1.29 is 9.47 Å². The Labute approximate surface area is 102 Å². The molecule has 100 valence electrons. The van der Waals surface area contributed by atoms with Crippen LogP contribution in [-0.2, 0) is 29.5 Å². The Kier molecular flexibility index (Phi) is 4.81. The predicted molar refractivity (Wildman–Crippen MR) is 63.4 cm³/mol. The normalized spacial score (nSPS) is 10.6. The maximum absolute atomic E-state index is 11.9. The van der Waals surface area contributed by atoms with Gasteiger partial charge in [0.05, 0.1) is 6.54 Å². The Balaban J connectivity index is 3.64. The first-order valence-electron chi connectivity index (χ1n) is 5.11. The summed E-state index contributed by atoms with van der Waals surface area (Å²) in [6, 6.07) is 0. The van der Waals surface area contributed by atoms with Crippen molar-refractivity contribution in [2.24, 2.45) is 0 Å². The second-order valence-electron chi connectivity index (χ2n) is 3.44. The van der Waals surface area contributed by atoms with Crippen molar-refractivity contribution in [3.63, 3.8) is 0 Å². The zero-order valence-electron chi connectivity index (χ0n) is 10.3. The Morgan fingerprint density at radius 3 is 1.67 bits per heavy atom. The van der Waals surface area contributed by atoms with Gasteiger partial charge in [-0.2, -0.15) is 0 Å². The molecule has 0 amide bonds. The monoisotopic (exact) mass is 257 g/mol. The van der Waals surface area contributed by atoms with Crippen molar-refractivity contribution in [1.82, 2.24) is 13.7 Å². The highest BCUT2D eigenvalue weighted by Crippen LogP contribution is 1.79.